The zero-order chi connectivity index (χ0) is 15.9. The maximum absolute atomic E-state index is 11.7. The van der Waals surface area contributed by atoms with E-state index in [2.05, 4.69) is 21.2 Å². The van der Waals surface area contributed by atoms with Gasteiger partial charge in [-0.2, -0.15) is 0 Å². The molecule has 0 saturated heterocycles. The van der Waals surface area contributed by atoms with Gasteiger partial charge in [0.15, 0.2) is 0 Å². The summed E-state index contributed by atoms with van der Waals surface area (Å²) >= 11 is 9.50. The van der Waals surface area contributed by atoms with Crippen LogP contribution >= 0.6 is 27.5 Å². The van der Waals surface area contributed by atoms with Gasteiger partial charge in [0.1, 0.15) is 12.4 Å². The first kappa shape index (κ1) is 16.6. The van der Waals surface area contributed by atoms with E-state index < -0.39 is 5.97 Å². The van der Waals surface area contributed by atoms with Crippen molar-refractivity contribution < 1.29 is 14.3 Å². The highest BCUT2D eigenvalue weighted by atomic mass is 79.9. The van der Waals surface area contributed by atoms with Crippen LogP contribution < -0.4 is 10.1 Å². The van der Waals surface area contributed by atoms with Crippen LogP contribution in [0.15, 0.2) is 46.9 Å². The Morgan fingerprint density at radius 1 is 1.23 bits per heavy atom. The molecule has 0 aliphatic heterocycles. The fourth-order valence-electron chi connectivity index (χ4n) is 1.86. The zero-order valence-corrected chi connectivity index (χ0v) is 14.3. The van der Waals surface area contributed by atoms with Crippen LogP contribution in [0.3, 0.4) is 0 Å². The van der Waals surface area contributed by atoms with Gasteiger partial charge in [-0.1, -0.05) is 33.6 Å². The van der Waals surface area contributed by atoms with Crippen molar-refractivity contribution in [2.24, 2.45) is 0 Å². The summed E-state index contributed by atoms with van der Waals surface area (Å²) in [5.74, 6) is 0.344. The molecule has 2 aromatic rings. The van der Waals surface area contributed by atoms with E-state index in [9.17, 15) is 4.79 Å². The molecule has 0 atom stereocenters. The molecule has 2 rings (SSSR count). The second-order valence-corrected chi connectivity index (χ2v) is 5.71. The summed E-state index contributed by atoms with van der Waals surface area (Å²) in [5.41, 5.74) is 0.953. The van der Waals surface area contributed by atoms with Gasteiger partial charge in [0.05, 0.1) is 23.4 Å². The van der Waals surface area contributed by atoms with Crippen molar-refractivity contribution in [1.29, 1.82) is 0 Å². The molecule has 2 aromatic carbocycles. The number of rotatable bonds is 6. The number of para-hydroxylation sites is 1. The third-order valence-electron chi connectivity index (χ3n) is 2.91. The Morgan fingerprint density at radius 3 is 2.64 bits per heavy atom. The molecular weight excluding hydrogens is 370 g/mol. The molecule has 0 bridgehead atoms. The van der Waals surface area contributed by atoms with E-state index in [-0.39, 0.29) is 0 Å². The first-order valence-electron chi connectivity index (χ1n) is 6.61. The van der Waals surface area contributed by atoms with Crippen molar-refractivity contribution >= 4 is 39.2 Å². The molecule has 4 nitrogen and oxygen atoms in total. The Morgan fingerprint density at radius 2 is 1.95 bits per heavy atom. The summed E-state index contributed by atoms with van der Waals surface area (Å²) in [7, 11) is 1.34. The third kappa shape index (κ3) is 4.39. The highest BCUT2D eigenvalue weighted by Gasteiger charge is 2.14. The molecule has 0 unspecified atom stereocenters. The minimum Gasteiger partial charge on any atom is -0.492 e. The Balaban J connectivity index is 1.94. The Labute approximate surface area is 142 Å². The first-order valence-corrected chi connectivity index (χ1v) is 7.78. The number of methoxy groups -OCH3 is 1. The second kappa shape index (κ2) is 8.06. The average molecular weight is 385 g/mol. The fourth-order valence-corrected chi connectivity index (χ4v) is 2.37. The second-order valence-electron chi connectivity index (χ2n) is 4.38. The van der Waals surface area contributed by atoms with Crippen LogP contribution in [0.4, 0.5) is 5.69 Å². The maximum atomic E-state index is 11.7. The average Bonchev–Trinajstić information content (AvgIpc) is 2.53. The molecule has 0 radical (unpaired) electrons. The standard InChI is InChI=1S/C16H15BrClNO3/c1-21-16(20)13-3-2-4-14(18)15(13)19-9-10-22-12-7-5-11(17)6-8-12/h2-8,19H,9-10H2,1H3. The number of nitrogens with one attached hydrogen (secondary N) is 1. The smallest absolute Gasteiger partial charge is 0.340 e. The van der Waals surface area contributed by atoms with Crippen LogP contribution in [0.2, 0.25) is 5.02 Å². The molecule has 1 N–H and O–H groups in total. The third-order valence-corrected chi connectivity index (χ3v) is 3.75. The van der Waals surface area contributed by atoms with Crippen molar-refractivity contribution in [3.63, 3.8) is 0 Å². The van der Waals surface area contributed by atoms with E-state index in [0.29, 0.717) is 29.4 Å². The summed E-state index contributed by atoms with van der Waals surface area (Å²) in [6, 6.07) is 12.6. The SMILES string of the molecule is COC(=O)c1cccc(Cl)c1NCCOc1ccc(Br)cc1. The van der Waals surface area contributed by atoms with Gasteiger partial charge in [0.25, 0.3) is 0 Å². The number of hydrogen-bond donors (Lipinski definition) is 1. The molecule has 116 valence electrons. The monoisotopic (exact) mass is 383 g/mol. The molecule has 0 heterocycles. The predicted molar refractivity (Wildman–Crippen MR) is 90.9 cm³/mol. The molecule has 0 saturated carbocycles. The molecule has 0 aliphatic rings. The first-order chi connectivity index (χ1) is 10.6. The van der Waals surface area contributed by atoms with E-state index in [1.807, 2.05) is 24.3 Å². The van der Waals surface area contributed by atoms with Gasteiger partial charge < -0.3 is 14.8 Å². The normalized spacial score (nSPS) is 10.1. The quantitative estimate of drug-likeness (QED) is 0.593. The number of esters is 1. The zero-order valence-electron chi connectivity index (χ0n) is 11.9. The number of hydrogen-bond acceptors (Lipinski definition) is 4. The van der Waals surface area contributed by atoms with E-state index in [4.69, 9.17) is 21.1 Å². The summed E-state index contributed by atoms with van der Waals surface area (Å²) in [6.45, 7) is 0.942. The van der Waals surface area contributed by atoms with Crippen molar-refractivity contribution in [3.8, 4) is 5.75 Å². The number of carbonyl (C=O) groups excluding carboxylic acids is 1. The van der Waals surface area contributed by atoms with Crippen LogP contribution in [0, 0.1) is 0 Å². The van der Waals surface area contributed by atoms with Gasteiger partial charge in [-0.25, -0.2) is 4.79 Å². The Hall–Kier alpha value is -1.72. The largest absolute Gasteiger partial charge is 0.492 e. The lowest BCUT2D eigenvalue weighted by molar-refractivity contribution is 0.0602. The number of ether oxygens (including phenoxy) is 2. The summed E-state index contributed by atoms with van der Waals surface area (Å²) in [5, 5.41) is 3.58. The lowest BCUT2D eigenvalue weighted by atomic mass is 10.2. The van der Waals surface area contributed by atoms with Gasteiger partial charge in [0.2, 0.25) is 0 Å². The van der Waals surface area contributed by atoms with Gasteiger partial charge in [-0.05, 0) is 36.4 Å². The molecule has 22 heavy (non-hydrogen) atoms. The molecule has 6 heteroatoms. The van der Waals surface area contributed by atoms with Crippen LogP contribution in [-0.4, -0.2) is 26.2 Å². The Bertz CT molecular complexity index is 646. The molecule has 0 aliphatic carbocycles. The molecule has 0 spiro atoms. The van der Waals surface area contributed by atoms with Gasteiger partial charge >= 0.3 is 5.97 Å². The van der Waals surface area contributed by atoms with Crippen LogP contribution in [0.25, 0.3) is 0 Å². The fraction of sp³-hybridized carbons (Fsp3) is 0.188. The molecule has 0 amide bonds. The van der Waals surface area contributed by atoms with E-state index in [1.165, 1.54) is 7.11 Å². The van der Waals surface area contributed by atoms with Crippen molar-refractivity contribution in [1.82, 2.24) is 0 Å². The lowest BCUT2D eigenvalue weighted by Gasteiger charge is -2.13. The summed E-state index contributed by atoms with van der Waals surface area (Å²) < 4.78 is 11.3. The van der Waals surface area contributed by atoms with Crippen LogP contribution in [0.5, 0.6) is 5.75 Å². The van der Waals surface area contributed by atoms with Crippen molar-refractivity contribution in [2.75, 3.05) is 25.6 Å². The van der Waals surface area contributed by atoms with E-state index >= 15 is 0 Å². The number of halogens is 2. The molecular formula is C16H15BrClNO3. The minimum atomic E-state index is -0.432. The van der Waals surface area contributed by atoms with Crippen LogP contribution in [0.1, 0.15) is 10.4 Å². The van der Waals surface area contributed by atoms with E-state index in [0.717, 1.165) is 10.2 Å². The number of benzene rings is 2. The van der Waals surface area contributed by atoms with Gasteiger partial charge in [-0.15, -0.1) is 0 Å². The van der Waals surface area contributed by atoms with E-state index in [1.54, 1.807) is 18.2 Å². The van der Waals surface area contributed by atoms with Crippen molar-refractivity contribution in [2.45, 2.75) is 0 Å². The predicted octanol–water partition coefficient (Wildman–Crippen LogP) is 4.38. The highest BCUT2D eigenvalue weighted by molar-refractivity contribution is 9.10. The summed E-state index contributed by atoms with van der Waals surface area (Å²) in [6.07, 6.45) is 0. The number of anilines is 1. The van der Waals surface area contributed by atoms with Crippen molar-refractivity contribution in [3.05, 3.63) is 57.5 Å². The number of carbonyl (C=O) groups is 1. The maximum Gasteiger partial charge on any atom is 0.340 e. The highest BCUT2D eigenvalue weighted by Crippen LogP contribution is 2.26. The van der Waals surface area contributed by atoms with Gasteiger partial charge in [0, 0.05) is 11.0 Å². The molecule has 0 fully saturated rings. The lowest BCUT2D eigenvalue weighted by Crippen LogP contribution is -2.15. The molecule has 0 aromatic heterocycles. The van der Waals surface area contributed by atoms with Crippen LogP contribution in [-0.2, 0) is 4.74 Å². The Kier molecular flexibility index (Phi) is 6.10. The topological polar surface area (TPSA) is 47.6 Å². The summed E-state index contributed by atoms with van der Waals surface area (Å²) in [4.78, 5) is 11.7. The van der Waals surface area contributed by atoms with Gasteiger partial charge in [-0.3, -0.25) is 0 Å². The minimum absolute atomic E-state index is 0.402.